The Balaban J connectivity index is 1.83. The zero-order chi connectivity index (χ0) is 10.7. The van der Waals surface area contributed by atoms with Crippen LogP contribution in [0.2, 0.25) is 0 Å². The maximum Gasteiger partial charge on any atom is 0.0779 e. The largest absolute Gasteiger partial charge is 0.374 e. The van der Waals surface area contributed by atoms with Gasteiger partial charge in [-0.05, 0) is 38.1 Å². The lowest BCUT2D eigenvalue weighted by Gasteiger charge is -2.25. The van der Waals surface area contributed by atoms with E-state index < -0.39 is 0 Å². The van der Waals surface area contributed by atoms with Crippen molar-refractivity contribution in [1.29, 1.82) is 0 Å². The van der Waals surface area contributed by atoms with Crippen molar-refractivity contribution >= 4 is 11.3 Å². The normalized spacial score (nSPS) is 28.1. The lowest BCUT2D eigenvalue weighted by Crippen LogP contribution is -2.38. The molecule has 0 aromatic carbocycles. The van der Waals surface area contributed by atoms with Gasteiger partial charge in [0.05, 0.1) is 5.60 Å². The number of rotatable bonds is 4. The van der Waals surface area contributed by atoms with Crippen molar-refractivity contribution in [2.24, 2.45) is 0 Å². The first-order valence-corrected chi connectivity index (χ1v) is 6.48. The first-order chi connectivity index (χ1) is 7.20. The van der Waals surface area contributed by atoms with E-state index in [4.69, 9.17) is 4.74 Å². The van der Waals surface area contributed by atoms with E-state index >= 15 is 0 Å². The van der Waals surface area contributed by atoms with Gasteiger partial charge in [-0.3, -0.25) is 0 Å². The Hall–Kier alpha value is -0.380. The number of nitrogens with one attached hydrogen (secondary N) is 1. The van der Waals surface area contributed by atoms with Crippen molar-refractivity contribution in [2.75, 3.05) is 13.2 Å². The van der Waals surface area contributed by atoms with Crippen molar-refractivity contribution in [3.63, 3.8) is 0 Å². The monoisotopic (exact) mass is 225 g/mol. The van der Waals surface area contributed by atoms with Crippen LogP contribution < -0.4 is 5.32 Å². The van der Waals surface area contributed by atoms with Gasteiger partial charge in [0.15, 0.2) is 0 Å². The quantitative estimate of drug-likeness (QED) is 0.850. The minimum Gasteiger partial charge on any atom is -0.374 e. The van der Waals surface area contributed by atoms with Crippen LogP contribution in [0.15, 0.2) is 17.5 Å². The molecule has 0 bridgehead atoms. The molecule has 84 valence electrons. The van der Waals surface area contributed by atoms with Crippen LogP contribution in [0, 0.1) is 0 Å². The van der Waals surface area contributed by atoms with Crippen LogP contribution in [0.1, 0.15) is 37.6 Å². The molecule has 1 aromatic rings. The van der Waals surface area contributed by atoms with Gasteiger partial charge in [0.1, 0.15) is 0 Å². The van der Waals surface area contributed by atoms with Gasteiger partial charge in [-0.25, -0.2) is 0 Å². The lowest BCUT2D eigenvalue weighted by molar-refractivity contribution is 0.0192. The van der Waals surface area contributed by atoms with E-state index in [0.29, 0.717) is 6.04 Å². The van der Waals surface area contributed by atoms with E-state index in [1.807, 2.05) is 11.3 Å². The summed E-state index contributed by atoms with van der Waals surface area (Å²) in [7, 11) is 0. The van der Waals surface area contributed by atoms with E-state index in [9.17, 15) is 0 Å². The summed E-state index contributed by atoms with van der Waals surface area (Å²) in [4.78, 5) is 1.40. The Morgan fingerprint density at radius 2 is 2.53 bits per heavy atom. The minimum absolute atomic E-state index is 0.0610. The fourth-order valence-corrected chi connectivity index (χ4v) is 2.74. The summed E-state index contributed by atoms with van der Waals surface area (Å²) in [6, 6.07) is 4.72. The highest BCUT2D eigenvalue weighted by Gasteiger charge is 2.29. The second kappa shape index (κ2) is 4.64. The summed E-state index contributed by atoms with van der Waals surface area (Å²) in [5.74, 6) is 0. The highest BCUT2D eigenvalue weighted by molar-refractivity contribution is 7.10. The first kappa shape index (κ1) is 11.1. The predicted octanol–water partition coefficient (Wildman–Crippen LogP) is 2.97. The van der Waals surface area contributed by atoms with Crippen LogP contribution >= 0.6 is 11.3 Å². The van der Waals surface area contributed by atoms with Gasteiger partial charge in [-0.15, -0.1) is 11.3 Å². The molecule has 2 rings (SSSR count). The van der Waals surface area contributed by atoms with Gasteiger partial charge < -0.3 is 10.1 Å². The van der Waals surface area contributed by atoms with Crippen molar-refractivity contribution < 1.29 is 4.74 Å². The molecule has 2 heterocycles. The minimum atomic E-state index is 0.0610. The Labute approximate surface area is 95.6 Å². The van der Waals surface area contributed by atoms with E-state index in [0.717, 1.165) is 13.2 Å². The maximum absolute atomic E-state index is 5.75. The van der Waals surface area contributed by atoms with Crippen molar-refractivity contribution in [1.82, 2.24) is 5.32 Å². The van der Waals surface area contributed by atoms with Crippen molar-refractivity contribution in [3.05, 3.63) is 22.4 Å². The number of hydrogen-bond acceptors (Lipinski definition) is 3. The van der Waals surface area contributed by atoms with Crippen LogP contribution in [0.3, 0.4) is 0 Å². The molecule has 0 spiro atoms. The first-order valence-electron chi connectivity index (χ1n) is 5.60. The summed E-state index contributed by atoms with van der Waals surface area (Å²) >= 11 is 1.81. The third kappa shape index (κ3) is 2.80. The van der Waals surface area contributed by atoms with Crippen molar-refractivity contribution in [2.45, 2.75) is 38.3 Å². The number of hydrogen-bond donors (Lipinski definition) is 1. The third-order valence-corrected chi connectivity index (χ3v) is 4.11. The molecule has 3 heteroatoms. The SMILES string of the molecule is CC(NCC1(C)CCCO1)c1cccs1. The summed E-state index contributed by atoms with van der Waals surface area (Å²) in [6.07, 6.45) is 2.38. The number of thiophene rings is 1. The van der Waals surface area contributed by atoms with Gasteiger partial charge in [0.25, 0.3) is 0 Å². The highest BCUT2D eigenvalue weighted by Crippen LogP contribution is 2.25. The molecule has 2 unspecified atom stereocenters. The maximum atomic E-state index is 5.75. The summed E-state index contributed by atoms with van der Waals surface area (Å²) in [5, 5.41) is 5.68. The van der Waals surface area contributed by atoms with Crippen LogP contribution in [-0.4, -0.2) is 18.8 Å². The number of ether oxygens (including phenoxy) is 1. The van der Waals surface area contributed by atoms with Gasteiger partial charge in [-0.2, -0.15) is 0 Å². The fourth-order valence-electron chi connectivity index (χ4n) is 1.98. The summed E-state index contributed by atoms with van der Waals surface area (Å²) in [5.41, 5.74) is 0.0610. The zero-order valence-corrected chi connectivity index (χ0v) is 10.3. The van der Waals surface area contributed by atoms with E-state index in [2.05, 4.69) is 36.7 Å². The molecular formula is C12H19NOS. The summed E-state index contributed by atoms with van der Waals surface area (Å²) in [6.45, 7) is 6.29. The molecule has 0 amide bonds. The van der Waals surface area contributed by atoms with E-state index in [1.54, 1.807) is 0 Å². The van der Waals surface area contributed by atoms with Crippen molar-refractivity contribution in [3.8, 4) is 0 Å². The molecule has 1 N–H and O–H groups in total. The van der Waals surface area contributed by atoms with Gasteiger partial charge in [-0.1, -0.05) is 6.07 Å². The molecule has 0 radical (unpaired) electrons. The Morgan fingerprint density at radius 1 is 1.67 bits per heavy atom. The molecule has 0 aliphatic carbocycles. The van der Waals surface area contributed by atoms with Gasteiger partial charge in [0.2, 0.25) is 0 Å². The third-order valence-electron chi connectivity index (χ3n) is 3.05. The predicted molar refractivity (Wildman–Crippen MR) is 64.3 cm³/mol. The molecule has 15 heavy (non-hydrogen) atoms. The molecule has 1 saturated heterocycles. The topological polar surface area (TPSA) is 21.3 Å². The Kier molecular flexibility index (Phi) is 3.44. The average Bonchev–Trinajstić information content (AvgIpc) is 2.85. The van der Waals surface area contributed by atoms with E-state index in [1.165, 1.54) is 17.7 Å². The van der Waals surface area contributed by atoms with Crippen LogP contribution in [0.4, 0.5) is 0 Å². The zero-order valence-electron chi connectivity index (χ0n) is 9.45. The van der Waals surface area contributed by atoms with Gasteiger partial charge >= 0.3 is 0 Å². The molecule has 2 nitrogen and oxygen atoms in total. The van der Waals surface area contributed by atoms with Gasteiger partial charge in [0, 0.05) is 24.1 Å². The van der Waals surface area contributed by atoms with Crippen LogP contribution in [0.5, 0.6) is 0 Å². The second-order valence-corrected chi connectivity index (χ2v) is 5.50. The molecular weight excluding hydrogens is 206 g/mol. The second-order valence-electron chi connectivity index (χ2n) is 4.52. The molecule has 2 atom stereocenters. The molecule has 0 saturated carbocycles. The lowest BCUT2D eigenvalue weighted by atomic mass is 10.0. The van der Waals surface area contributed by atoms with Crippen LogP contribution in [-0.2, 0) is 4.74 Å². The fraction of sp³-hybridized carbons (Fsp3) is 0.667. The Morgan fingerprint density at radius 3 is 3.13 bits per heavy atom. The molecule has 1 fully saturated rings. The standard InChI is InChI=1S/C12H19NOS/c1-10(11-5-3-8-15-11)13-9-12(2)6-4-7-14-12/h3,5,8,10,13H,4,6-7,9H2,1-2H3. The highest BCUT2D eigenvalue weighted by atomic mass is 32.1. The summed E-state index contributed by atoms with van der Waals surface area (Å²) < 4.78 is 5.75. The molecule has 1 aromatic heterocycles. The smallest absolute Gasteiger partial charge is 0.0779 e. The molecule has 1 aliphatic heterocycles. The molecule has 1 aliphatic rings. The van der Waals surface area contributed by atoms with E-state index in [-0.39, 0.29) is 5.60 Å². The average molecular weight is 225 g/mol. The Bertz CT molecular complexity index is 291. The van der Waals surface area contributed by atoms with Crippen LogP contribution in [0.25, 0.3) is 0 Å².